The molecule has 1 N–H and O–H groups in total. The van der Waals surface area contributed by atoms with Crippen LogP contribution >= 0.6 is 0 Å². The van der Waals surface area contributed by atoms with Crippen LogP contribution in [0.3, 0.4) is 0 Å². The maximum absolute atomic E-state index is 12.6. The summed E-state index contributed by atoms with van der Waals surface area (Å²) >= 11 is 0. The zero-order valence-corrected chi connectivity index (χ0v) is 12.8. The molecule has 0 saturated carbocycles. The van der Waals surface area contributed by atoms with Gasteiger partial charge in [-0.05, 0) is 35.7 Å². The van der Waals surface area contributed by atoms with E-state index in [9.17, 15) is 4.79 Å². The highest BCUT2D eigenvalue weighted by molar-refractivity contribution is 5.85. The number of nitrogens with one attached hydrogen (secondary N) is 1. The zero-order chi connectivity index (χ0) is 15.0. The zero-order valence-electron chi connectivity index (χ0n) is 12.8. The van der Waals surface area contributed by atoms with Gasteiger partial charge in [0.25, 0.3) is 0 Å². The van der Waals surface area contributed by atoms with Crippen molar-refractivity contribution in [1.82, 2.24) is 10.2 Å². The molecular formula is C19H22N2O. The summed E-state index contributed by atoms with van der Waals surface area (Å²) in [4.78, 5) is 14.7. The third-order valence-corrected chi connectivity index (χ3v) is 5.29. The van der Waals surface area contributed by atoms with E-state index in [1.165, 1.54) is 17.2 Å². The Hall–Kier alpha value is -1.87. The summed E-state index contributed by atoms with van der Waals surface area (Å²) < 4.78 is 0. The van der Waals surface area contributed by atoms with E-state index in [0.29, 0.717) is 11.8 Å². The molecule has 4 rings (SSSR count). The van der Waals surface area contributed by atoms with Crippen LogP contribution in [0.15, 0.2) is 42.5 Å². The predicted octanol–water partition coefficient (Wildman–Crippen LogP) is 2.59. The molecule has 3 nitrogen and oxygen atoms in total. The van der Waals surface area contributed by atoms with Crippen molar-refractivity contribution in [2.24, 2.45) is 5.41 Å². The van der Waals surface area contributed by atoms with Crippen LogP contribution in [-0.4, -0.2) is 37.0 Å². The van der Waals surface area contributed by atoms with Gasteiger partial charge in [0.1, 0.15) is 0 Å². The quantitative estimate of drug-likeness (QED) is 0.923. The number of hydrogen-bond donors (Lipinski definition) is 1. The van der Waals surface area contributed by atoms with Gasteiger partial charge in [0, 0.05) is 25.0 Å². The fourth-order valence-electron chi connectivity index (χ4n) is 3.93. The Morgan fingerprint density at radius 2 is 2.00 bits per heavy atom. The van der Waals surface area contributed by atoms with Crippen molar-refractivity contribution < 1.29 is 4.79 Å². The SMILES string of the molecule is O=C(Cc1ccc2ccccc2c1)N1CCC2(CCNC2)C1. The van der Waals surface area contributed by atoms with Crippen LogP contribution in [0.1, 0.15) is 18.4 Å². The molecule has 2 aromatic carbocycles. The Morgan fingerprint density at radius 1 is 1.14 bits per heavy atom. The lowest BCUT2D eigenvalue weighted by Crippen LogP contribution is -2.34. The molecule has 3 heteroatoms. The van der Waals surface area contributed by atoms with Crippen molar-refractivity contribution in [1.29, 1.82) is 0 Å². The molecular weight excluding hydrogens is 272 g/mol. The van der Waals surface area contributed by atoms with E-state index in [1.54, 1.807) is 0 Å². The normalized spacial score (nSPS) is 24.5. The summed E-state index contributed by atoms with van der Waals surface area (Å²) in [6.07, 6.45) is 2.89. The minimum atomic E-state index is 0.277. The molecule has 2 fully saturated rings. The molecule has 2 aliphatic heterocycles. The van der Waals surface area contributed by atoms with Gasteiger partial charge in [-0.1, -0.05) is 42.5 Å². The number of rotatable bonds is 2. The van der Waals surface area contributed by atoms with Gasteiger partial charge in [0.2, 0.25) is 5.91 Å². The van der Waals surface area contributed by atoms with Gasteiger partial charge in [-0.15, -0.1) is 0 Å². The van der Waals surface area contributed by atoms with Crippen LogP contribution in [-0.2, 0) is 11.2 Å². The second-order valence-corrected chi connectivity index (χ2v) is 6.85. The van der Waals surface area contributed by atoms with E-state index >= 15 is 0 Å². The van der Waals surface area contributed by atoms with Crippen molar-refractivity contribution in [3.05, 3.63) is 48.0 Å². The van der Waals surface area contributed by atoms with Crippen molar-refractivity contribution in [2.45, 2.75) is 19.3 Å². The minimum absolute atomic E-state index is 0.277. The molecule has 1 unspecified atom stereocenters. The van der Waals surface area contributed by atoms with E-state index in [1.807, 2.05) is 12.1 Å². The number of benzene rings is 2. The Balaban J connectivity index is 1.47. The first-order chi connectivity index (χ1) is 10.7. The number of likely N-dealkylation sites (tertiary alicyclic amines) is 1. The summed E-state index contributed by atoms with van der Waals surface area (Å²) in [5, 5.41) is 5.89. The average molecular weight is 294 g/mol. The van der Waals surface area contributed by atoms with Crippen molar-refractivity contribution >= 4 is 16.7 Å². The summed E-state index contributed by atoms with van der Waals surface area (Å²) in [5.41, 5.74) is 1.48. The minimum Gasteiger partial charge on any atom is -0.342 e. The number of hydrogen-bond acceptors (Lipinski definition) is 2. The smallest absolute Gasteiger partial charge is 0.227 e. The molecule has 114 valence electrons. The van der Waals surface area contributed by atoms with Crippen molar-refractivity contribution in [3.63, 3.8) is 0 Å². The highest BCUT2D eigenvalue weighted by Gasteiger charge is 2.41. The number of nitrogens with zero attached hydrogens (tertiary/aromatic N) is 1. The lowest BCUT2D eigenvalue weighted by atomic mass is 9.86. The van der Waals surface area contributed by atoms with Crippen LogP contribution in [0.5, 0.6) is 0 Å². The number of fused-ring (bicyclic) bond motifs is 1. The van der Waals surface area contributed by atoms with E-state index in [4.69, 9.17) is 0 Å². The van der Waals surface area contributed by atoms with Crippen molar-refractivity contribution in [3.8, 4) is 0 Å². The average Bonchev–Trinajstić information content (AvgIpc) is 3.18. The van der Waals surface area contributed by atoms with Crippen LogP contribution in [0.25, 0.3) is 10.8 Å². The van der Waals surface area contributed by atoms with Gasteiger partial charge < -0.3 is 10.2 Å². The third kappa shape index (κ3) is 2.50. The Kier molecular flexibility index (Phi) is 3.38. The topological polar surface area (TPSA) is 32.3 Å². The summed E-state index contributed by atoms with van der Waals surface area (Å²) in [7, 11) is 0. The second-order valence-electron chi connectivity index (χ2n) is 6.85. The third-order valence-electron chi connectivity index (χ3n) is 5.29. The Labute approximate surface area is 131 Å². The molecule has 0 aliphatic carbocycles. The molecule has 0 radical (unpaired) electrons. The maximum atomic E-state index is 12.6. The van der Waals surface area contributed by atoms with Crippen molar-refractivity contribution in [2.75, 3.05) is 26.2 Å². The van der Waals surface area contributed by atoms with E-state index in [2.05, 4.69) is 40.5 Å². The summed E-state index contributed by atoms with van der Waals surface area (Å²) in [5.74, 6) is 0.277. The van der Waals surface area contributed by atoms with Crippen LogP contribution < -0.4 is 5.32 Å². The first-order valence-corrected chi connectivity index (χ1v) is 8.20. The molecule has 22 heavy (non-hydrogen) atoms. The first kappa shape index (κ1) is 13.8. The fraction of sp³-hybridized carbons (Fsp3) is 0.421. The Morgan fingerprint density at radius 3 is 2.82 bits per heavy atom. The largest absolute Gasteiger partial charge is 0.342 e. The molecule has 2 saturated heterocycles. The van der Waals surface area contributed by atoms with Crippen LogP contribution in [0.2, 0.25) is 0 Å². The molecule has 0 aromatic heterocycles. The fourth-order valence-corrected chi connectivity index (χ4v) is 3.93. The molecule has 1 spiro atoms. The van der Waals surface area contributed by atoms with E-state index in [0.717, 1.165) is 38.2 Å². The van der Waals surface area contributed by atoms with Crippen LogP contribution in [0.4, 0.5) is 0 Å². The first-order valence-electron chi connectivity index (χ1n) is 8.20. The number of carbonyl (C=O) groups is 1. The van der Waals surface area contributed by atoms with Gasteiger partial charge in [-0.2, -0.15) is 0 Å². The van der Waals surface area contributed by atoms with Gasteiger partial charge in [-0.25, -0.2) is 0 Å². The lowest BCUT2D eigenvalue weighted by Gasteiger charge is -2.22. The molecule has 2 aliphatic rings. The summed E-state index contributed by atoms with van der Waals surface area (Å²) in [6, 6.07) is 14.7. The molecule has 0 bridgehead atoms. The maximum Gasteiger partial charge on any atom is 0.227 e. The highest BCUT2D eigenvalue weighted by atomic mass is 16.2. The Bertz CT molecular complexity index is 703. The van der Waals surface area contributed by atoms with Gasteiger partial charge in [-0.3, -0.25) is 4.79 Å². The molecule has 2 heterocycles. The highest BCUT2D eigenvalue weighted by Crippen LogP contribution is 2.36. The van der Waals surface area contributed by atoms with E-state index < -0.39 is 0 Å². The van der Waals surface area contributed by atoms with Gasteiger partial charge in [0.15, 0.2) is 0 Å². The molecule has 1 atom stereocenters. The molecule has 2 aromatic rings. The van der Waals surface area contributed by atoms with Crippen LogP contribution in [0, 0.1) is 5.41 Å². The van der Waals surface area contributed by atoms with Gasteiger partial charge >= 0.3 is 0 Å². The lowest BCUT2D eigenvalue weighted by molar-refractivity contribution is -0.129. The summed E-state index contributed by atoms with van der Waals surface area (Å²) in [6.45, 7) is 4.04. The number of carbonyl (C=O) groups excluding carboxylic acids is 1. The van der Waals surface area contributed by atoms with Gasteiger partial charge in [0.05, 0.1) is 6.42 Å². The number of amides is 1. The van der Waals surface area contributed by atoms with E-state index in [-0.39, 0.29) is 5.91 Å². The predicted molar refractivity (Wildman–Crippen MR) is 88.8 cm³/mol. The standard InChI is InChI=1S/C19H22N2O/c22-18(21-10-8-19(14-21)7-9-20-13-19)12-15-5-6-16-3-1-2-4-17(16)11-15/h1-6,11,20H,7-10,12-14H2. The molecule has 1 amide bonds. The second kappa shape index (κ2) is 5.40. The monoisotopic (exact) mass is 294 g/mol.